The molecule has 94 valence electrons. The largest absolute Gasteiger partial charge is 0.465 e. The van der Waals surface area contributed by atoms with Crippen LogP contribution in [0, 0.1) is 0 Å². The number of hydrogen-bond donors (Lipinski definition) is 1. The van der Waals surface area contributed by atoms with Crippen LogP contribution >= 0.6 is 0 Å². The van der Waals surface area contributed by atoms with Gasteiger partial charge in [-0.2, -0.15) is 0 Å². The summed E-state index contributed by atoms with van der Waals surface area (Å²) < 4.78 is 6.86. The highest BCUT2D eigenvalue weighted by molar-refractivity contribution is 5.69. The maximum absolute atomic E-state index is 11.5. The lowest BCUT2D eigenvalue weighted by atomic mass is 9.86. The van der Waals surface area contributed by atoms with Gasteiger partial charge in [-0.1, -0.05) is 6.92 Å². The Bertz CT molecular complexity index is 394. The summed E-state index contributed by atoms with van der Waals surface area (Å²) in [5.41, 5.74) is 1.18. The molecule has 1 N–H and O–H groups in total. The van der Waals surface area contributed by atoms with Crippen molar-refractivity contribution in [3.05, 3.63) is 18.2 Å². The molecule has 1 aliphatic heterocycles. The topological polar surface area (TPSA) is 56.2 Å². The van der Waals surface area contributed by atoms with Gasteiger partial charge < -0.3 is 14.6 Å². The highest BCUT2D eigenvalue weighted by atomic mass is 16.5. The lowest BCUT2D eigenvalue weighted by Gasteiger charge is -2.23. The molecule has 17 heavy (non-hydrogen) atoms. The zero-order chi connectivity index (χ0) is 12.3. The average molecular weight is 237 g/mol. The summed E-state index contributed by atoms with van der Waals surface area (Å²) in [5.74, 6) is -0.207. The van der Waals surface area contributed by atoms with Crippen LogP contribution < -0.4 is 5.32 Å². The molecule has 0 bridgehead atoms. The van der Waals surface area contributed by atoms with Gasteiger partial charge in [-0.05, 0) is 19.9 Å². The van der Waals surface area contributed by atoms with E-state index in [1.165, 1.54) is 0 Å². The van der Waals surface area contributed by atoms with Crippen LogP contribution in [0.1, 0.15) is 26.0 Å². The van der Waals surface area contributed by atoms with E-state index in [1.807, 2.05) is 17.7 Å². The van der Waals surface area contributed by atoms with Crippen LogP contribution in [0.4, 0.5) is 0 Å². The van der Waals surface area contributed by atoms with Crippen molar-refractivity contribution >= 4 is 5.97 Å². The highest BCUT2D eigenvalue weighted by Gasteiger charge is 2.33. The maximum Gasteiger partial charge on any atom is 0.325 e. The Balaban J connectivity index is 2.14. The number of rotatable bonds is 4. The zero-order valence-electron chi connectivity index (χ0n) is 10.4. The minimum atomic E-state index is -0.207. The number of aromatic nitrogens is 2. The highest BCUT2D eigenvalue weighted by Crippen LogP contribution is 2.29. The standard InChI is InChI=1S/C12H19N3O2/c1-3-17-11(16)7-15-9-14-6-10(15)12(2)4-5-13-8-12/h6,9,13H,3-5,7-8H2,1-2H3. The molecular weight excluding hydrogens is 218 g/mol. The molecule has 1 aromatic heterocycles. The van der Waals surface area contributed by atoms with Crippen molar-refractivity contribution < 1.29 is 9.53 Å². The lowest BCUT2D eigenvalue weighted by Crippen LogP contribution is -2.29. The van der Waals surface area contributed by atoms with E-state index < -0.39 is 0 Å². The van der Waals surface area contributed by atoms with Crippen molar-refractivity contribution in [3.63, 3.8) is 0 Å². The van der Waals surface area contributed by atoms with Crippen molar-refractivity contribution in [2.75, 3.05) is 19.7 Å². The van der Waals surface area contributed by atoms with Crippen molar-refractivity contribution in [1.29, 1.82) is 0 Å². The van der Waals surface area contributed by atoms with Crippen LogP contribution in [-0.2, 0) is 21.5 Å². The third-order valence-corrected chi connectivity index (χ3v) is 3.30. The number of nitrogens with one attached hydrogen (secondary N) is 1. The molecule has 1 atom stereocenters. The van der Waals surface area contributed by atoms with Crippen LogP contribution in [0.3, 0.4) is 0 Å². The van der Waals surface area contributed by atoms with Crippen molar-refractivity contribution in [3.8, 4) is 0 Å². The van der Waals surface area contributed by atoms with E-state index in [4.69, 9.17) is 4.74 Å². The predicted molar refractivity (Wildman–Crippen MR) is 63.7 cm³/mol. The third-order valence-electron chi connectivity index (χ3n) is 3.30. The van der Waals surface area contributed by atoms with Gasteiger partial charge in [0.15, 0.2) is 0 Å². The van der Waals surface area contributed by atoms with Crippen molar-refractivity contribution in [1.82, 2.24) is 14.9 Å². The summed E-state index contributed by atoms with van der Waals surface area (Å²) in [6, 6.07) is 0. The van der Waals surface area contributed by atoms with Gasteiger partial charge in [0.25, 0.3) is 0 Å². The Kier molecular flexibility index (Phi) is 3.47. The molecule has 0 amide bonds. The Morgan fingerprint density at radius 2 is 2.53 bits per heavy atom. The fraction of sp³-hybridized carbons (Fsp3) is 0.667. The molecule has 1 aromatic rings. The van der Waals surface area contributed by atoms with Gasteiger partial charge in [0.1, 0.15) is 6.54 Å². The minimum Gasteiger partial charge on any atom is -0.465 e. The maximum atomic E-state index is 11.5. The zero-order valence-corrected chi connectivity index (χ0v) is 10.4. The smallest absolute Gasteiger partial charge is 0.325 e. The molecule has 0 aromatic carbocycles. The lowest BCUT2D eigenvalue weighted by molar-refractivity contribution is -0.143. The molecule has 5 heteroatoms. The number of carbonyl (C=O) groups is 1. The second kappa shape index (κ2) is 4.87. The Labute approximate surface area is 101 Å². The number of carbonyl (C=O) groups excluding carboxylic acids is 1. The third kappa shape index (κ3) is 2.49. The van der Waals surface area contributed by atoms with E-state index in [0.29, 0.717) is 6.61 Å². The fourth-order valence-corrected chi connectivity index (χ4v) is 2.33. The van der Waals surface area contributed by atoms with Gasteiger partial charge in [-0.25, -0.2) is 4.98 Å². The van der Waals surface area contributed by atoms with Crippen LogP contribution in [0.5, 0.6) is 0 Å². The van der Waals surface area contributed by atoms with Crippen LogP contribution in [0.25, 0.3) is 0 Å². The second-order valence-corrected chi connectivity index (χ2v) is 4.70. The molecule has 2 heterocycles. The Hall–Kier alpha value is -1.36. The van der Waals surface area contributed by atoms with Gasteiger partial charge in [0.2, 0.25) is 0 Å². The van der Waals surface area contributed by atoms with E-state index in [-0.39, 0.29) is 17.9 Å². The molecule has 1 unspecified atom stereocenters. The fourth-order valence-electron chi connectivity index (χ4n) is 2.33. The SMILES string of the molecule is CCOC(=O)Cn1cncc1C1(C)CCNC1. The Morgan fingerprint density at radius 3 is 3.18 bits per heavy atom. The molecule has 1 fully saturated rings. The first-order chi connectivity index (χ1) is 8.15. The van der Waals surface area contributed by atoms with Gasteiger partial charge >= 0.3 is 5.97 Å². The molecule has 1 aliphatic rings. The number of esters is 1. The molecule has 0 saturated carbocycles. The monoisotopic (exact) mass is 237 g/mol. The van der Waals surface area contributed by atoms with Crippen molar-refractivity contribution in [2.45, 2.75) is 32.2 Å². The summed E-state index contributed by atoms with van der Waals surface area (Å²) >= 11 is 0. The van der Waals surface area contributed by atoms with Gasteiger partial charge in [0.05, 0.1) is 12.9 Å². The van der Waals surface area contributed by atoms with E-state index in [1.54, 1.807) is 6.33 Å². The predicted octanol–water partition coefficient (Wildman–Crippen LogP) is 0.697. The second-order valence-electron chi connectivity index (χ2n) is 4.70. The molecule has 0 aliphatic carbocycles. The summed E-state index contributed by atoms with van der Waals surface area (Å²) in [7, 11) is 0. The molecule has 1 saturated heterocycles. The van der Waals surface area contributed by atoms with Gasteiger partial charge in [-0.15, -0.1) is 0 Å². The van der Waals surface area contributed by atoms with Crippen molar-refractivity contribution in [2.24, 2.45) is 0 Å². The number of imidazole rings is 1. The molecule has 2 rings (SSSR count). The summed E-state index contributed by atoms with van der Waals surface area (Å²) in [6.07, 6.45) is 4.63. The Morgan fingerprint density at radius 1 is 1.71 bits per heavy atom. The summed E-state index contributed by atoms with van der Waals surface area (Å²) in [5, 5.41) is 3.35. The normalized spacial score (nSPS) is 23.9. The summed E-state index contributed by atoms with van der Waals surface area (Å²) in [6.45, 7) is 6.63. The van der Waals surface area contributed by atoms with E-state index >= 15 is 0 Å². The minimum absolute atomic E-state index is 0.0724. The average Bonchev–Trinajstić information content (AvgIpc) is 2.88. The van der Waals surface area contributed by atoms with Gasteiger partial charge in [0, 0.05) is 23.9 Å². The number of ether oxygens (including phenoxy) is 1. The van der Waals surface area contributed by atoms with Crippen LogP contribution in [0.2, 0.25) is 0 Å². The molecule has 5 nitrogen and oxygen atoms in total. The summed E-state index contributed by atoms with van der Waals surface area (Å²) in [4.78, 5) is 15.6. The first-order valence-corrected chi connectivity index (χ1v) is 6.02. The number of hydrogen-bond acceptors (Lipinski definition) is 4. The van der Waals surface area contributed by atoms with E-state index in [9.17, 15) is 4.79 Å². The first-order valence-electron chi connectivity index (χ1n) is 6.02. The van der Waals surface area contributed by atoms with Crippen LogP contribution in [-0.4, -0.2) is 35.2 Å². The van der Waals surface area contributed by atoms with Gasteiger partial charge in [-0.3, -0.25) is 4.79 Å². The molecule has 0 spiro atoms. The van der Waals surface area contributed by atoms with E-state index in [0.717, 1.165) is 25.2 Å². The molecular formula is C12H19N3O2. The number of nitrogens with zero attached hydrogens (tertiary/aromatic N) is 2. The van der Waals surface area contributed by atoms with E-state index in [2.05, 4.69) is 17.2 Å². The molecule has 0 radical (unpaired) electrons. The first kappa shape index (κ1) is 12.1. The quantitative estimate of drug-likeness (QED) is 0.783. The van der Waals surface area contributed by atoms with Crippen LogP contribution in [0.15, 0.2) is 12.5 Å².